The van der Waals surface area contributed by atoms with Crippen LogP contribution in [0.2, 0.25) is 0 Å². The summed E-state index contributed by atoms with van der Waals surface area (Å²) in [5, 5.41) is 5.67. The Morgan fingerprint density at radius 2 is 1.92 bits per heavy atom. The minimum atomic E-state index is -1.61. The van der Waals surface area contributed by atoms with E-state index in [9.17, 15) is 9.59 Å². The lowest BCUT2D eigenvalue weighted by Crippen LogP contribution is -2.56. The second-order valence-corrected chi connectivity index (χ2v) is 6.69. The van der Waals surface area contributed by atoms with Crippen LogP contribution in [0.1, 0.15) is 30.9 Å². The zero-order valence-electron chi connectivity index (χ0n) is 14.1. The van der Waals surface area contributed by atoms with Gasteiger partial charge >= 0.3 is 0 Å². The van der Waals surface area contributed by atoms with Gasteiger partial charge in [-0.25, -0.2) is 0 Å². The molecule has 0 bridgehead atoms. The van der Waals surface area contributed by atoms with E-state index in [0.29, 0.717) is 11.4 Å². The number of carbonyl (C=O) groups is 2. The maximum atomic E-state index is 12.9. The first kappa shape index (κ1) is 15.7. The Morgan fingerprint density at radius 1 is 1.12 bits per heavy atom. The van der Waals surface area contributed by atoms with E-state index in [0.717, 1.165) is 24.9 Å². The third kappa shape index (κ3) is 2.65. The van der Waals surface area contributed by atoms with Crippen molar-refractivity contribution in [2.24, 2.45) is 0 Å². The lowest BCUT2D eigenvalue weighted by molar-refractivity contribution is -0.143. The monoisotopic (exact) mass is 336 g/mol. The van der Waals surface area contributed by atoms with Gasteiger partial charge in [-0.2, -0.15) is 0 Å². The minimum absolute atomic E-state index is 0.460. The van der Waals surface area contributed by atoms with Gasteiger partial charge < -0.3 is 15.4 Å². The fourth-order valence-electron chi connectivity index (χ4n) is 3.46. The Bertz CT molecular complexity index is 862. The van der Waals surface area contributed by atoms with E-state index < -0.39 is 17.4 Å². The van der Waals surface area contributed by atoms with Crippen molar-refractivity contribution in [3.05, 3.63) is 53.6 Å². The Labute approximate surface area is 146 Å². The molecule has 5 nitrogen and oxygen atoms in total. The summed E-state index contributed by atoms with van der Waals surface area (Å²) in [6.07, 6.45) is 4.25. The molecule has 1 aliphatic carbocycles. The van der Waals surface area contributed by atoms with Crippen LogP contribution in [-0.2, 0) is 22.4 Å². The molecule has 0 aromatic heterocycles. The number of nitrogens with one attached hydrogen (secondary N) is 2. The summed E-state index contributed by atoms with van der Waals surface area (Å²) in [5.41, 5.74) is 2.19. The number of amides is 2. The van der Waals surface area contributed by atoms with Crippen molar-refractivity contribution in [1.29, 1.82) is 0 Å². The first-order valence-corrected chi connectivity index (χ1v) is 8.59. The minimum Gasteiger partial charge on any atom is -0.466 e. The average Bonchev–Trinajstić information content (AvgIpc) is 2.63. The molecule has 0 fully saturated rings. The van der Waals surface area contributed by atoms with Crippen molar-refractivity contribution in [2.45, 2.75) is 38.2 Å². The first-order valence-electron chi connectivity index (χ1n) is 8.59. The van der Waals surface area contributed by atoms with Crippen molar-refractivity contribution in [3.8, 4) is 5.75 Å². The summed E-state index contributed by atoms with van der Waals surface area (Å²) in [6, 6.07) is 13.0. The largest absolute Gasteiger partial charge is 0.466 e. The Balaban J connectivity index is 1.62. The number of ether oxygens (including phenoxy) is 1. The van der Waals surface area contributed by atoms with Gasteiger partial charge in [-0.05, 0) is 61.9 Å². The van der Waals surface area contributed by atoms with Crippen LogP contribution in [0.25, 0.3) is 0 Å². The third-order valence-electron chi connectivity index (χ3n) is 4.96. The van der Waals surface area contributed by atoms with Gasteiger partial charge in [0.1, 0.15) is 5.75 Å². The Kier molecular flexibility index (Phi) is 3.71. The number of benzene rings is 2. The molecule has 0 saturated heterocycles. The lowest BCUT2D eigenvalue weighted by Gasteiger charge is -2.33. The smallest absolute Gasteiger partial charge is 0.278 e. The number of carbonyl (C=O) groups excluding carboxylic acids is 2. The van der Waals surface area contributed by atoms with E-state index in [-0.39, 0.29) is 0 Å². The lowest BCUT2D eigenvalue weighted by atomic mass is 9.90. The predicted molar refractivity (Wildman–Crippen MR) is 95.8 cm³/mol. The highest BCUT2D eigenvalue weighted by Crippen LogP contribution is 2.34. The van der Waals surface area contributed by atoms with E-state index in [4.69, 9.17) is 4.74 Å². The van der Waals surface area contributed by atoms with Gasteiger partial charge in [-0.15, -0.1) is 0 Å². The second kappa shape index (κ2) is 5.92. The van der Waals surface area contributed by atoms with E-state index in [1.807, 2.05) is 24.3 Å². The second-order valence-electron chi connectivity index (χ2n) is 6.69. The number of hydrogen-bond acceptors (Lipinski definition) is 3. The fourth-order valence-corrected chi connectivity index (χ4v) is 3.46. The van der Waals surface area contributed by atoms with Gasteiger partial charge in [0.15, 0.2) is 0 Å². The molecule has 1 atom stereocenters. The highest BCUT2D eigenvalue weighted by atomic mass is 16.5. The highest BCUT2D eigenvalue weighted by molar-refractivity contribution is 6.19. The molecule has 2 N–H and O–H groups in total. The van der Waals surface area contributed by atoms with Gasteiger partial charge in [-0.3, -0.25) is 9.59 Å². The van der Waals surface area contributed by atoms with Gasteiger partial charge in [-0.1, -0.05) is 24.3 Å². The highest BCUT2D eigenvalue weighted by Gasteiger charge is 2.47. The molecular weight excluding hydrogens is 316 g/mol. The van der Waals surface area contributed by atoms with Crippen LogP contribution in [0.4, 0.5) is 11.4 Å². The van der Waals surface area contributed by atoms with Gasteiger partial charge in [0.25, 0.3) is 17.4 Å². The SMILES string of the molecule is CC1(C(=O)Nc2cccc3c2CCCC3)Oc2ccccc2NC1=O. The number of fused-ring (bicyclic) bond motifs is 2. The van der Waals surface area contributed by atoms with Crippen LogP contribution in [-0.4, -0.2) is 17.4 Å². The quantitative estimate of drug-likeness (QED) is 0.827. The maximum Gasteiger partial charge on any atom is 0.278 e. The fraction of sp³-hybridized carbons (Fsp3) is 0.300. The number of anilines is 2. The van der Waals surface area contributed by atoms with Gasteiger partial charge in [0.2, 0.25) is 0 Å². The topological polar surface area (TPSA) is 67.4 Å². The van der Waals surface area contributed by atoms with Crippen LogP contribution in [0.5, 0.6) is 5.75 Å². The molecule has 25 heavy (non-hydrogen) atoms. The van der Waals surface area contributed by atoms with Crippen LogP contribution in [0.3, 0.4) is 0 Å². The van der Waals surface area contributed by atoms with Gasteiger partial charge in [0, 0.05) is 5.69 Å². The number of rotatable bonds is 2. The van der Waals surface area contributed by atoms with E-state index >= 15 is 0 Å². The van der Waals surface area contributed by atoms with Crippen molar-refractivity contribution >= 4 is 23.2 Å². The molecule has 1 unspecified atom stereocenters. The molecule has 0 spiro atoms. The van der Waals surface area contributed by atoms with Crippen molar-refractivity contribution in [3.63, 3.8) is 0 Å². The Morgan fingerprint density at radius 3 is 2.80 bits per heavy atom. The predicted octanol–water partition coefficient (Wildman–Crippen LogP) is 3.29. The first-order chi connectivity index (χ1) is 12.1. The van der Waals surface area contributed by atoms with Gasteiger partial charge in [0.05, 0.1) is 5.69 Å². The molecule has 2 aliphatic rings. The van der Waals surface area contributed by atoms with Crippen LogP contribution in [0, 0.1) is 0 Å². The zero-order valence-corrected chi connectivity index (χ0v) is 14.1. The molecule has 2 aromatic carbocycles. The van der Waals surface area contributed by atoms with E-state index in [1.165, 1.54) is 24.5 Å². The number of para-hydroxylation sites is 2. The summed E-state index contributed by atoms with van der Waals surface area (Å²) in [5.74, 6) is -0.429. The van der Waals surface area contributed by atoms with Crippen LogP contribution >= 0.6 is 0 Å². The molecule has 2 aromatic rings. The molecule has 1 aliphatic heterocycles. The normalized spacial score (nSPS) is 21.4. The summed E-state index contributed by atoms with van der Waals surface area (Å²) >= 11 is 0. The molecule has 0 radical (unpaired) electrons. The molecular formula is C20H20N2O3. The van der Waals surface area contributed by atoms with Crippen molar-refractivity contribution < 1.29 is 14.3 Å². The molecule has 5 heteroatoms. The molecule has 4 rings (SSSR count). The summed E-state index contributed by atoms with van der Waals surface area (Å²) < 4.78 is 5.79. The molecule has 1 heterocycles. The average molecular weight is 336 g/mol. The van der Waals surface area contributed by atoms with Crippen molar-refractivity contribution in [1.82, 2.24) is 0 Å². The number of aryl methyl sites for hydroxylation is 1. The van der Waals surface area contributed by atoms with Crippen molar-refractivity contribution in [2.75, 3.05) is 10.6 Å². The van der Waals surface area contributed by atoms with Crippen LogP contribution < -0.4 is 15.4 Å². The molecule has 128 valence electrons. The van der Waals surface area contributed by atoms with Crippen LogP contribution in [0.15, 0.2) is 42.5 Å². The number of hydrogen-bond donors (Lipinski definition) is 2. The summed E-state index contributed by atoms with van der Waals surface area (Å²) in [7, 11) is 0. The Hall–Kier alpha value is -2.82. The summed E-state index contributed by atoms with van der Waals surface area (Å²) in [4.78, 5) is 25.4. The molecule has 0 saturated carbocycles. The maximum absolute atomic E-state index is 12.9. The van der Waals surface area contributed by atoms with E-state index in [1.54, 1.807) is 12.1 Å². The molecule has 2 amide bonds. The zero-order chi connectivity index (χ0) is 17.4. The van der Waals surface area contributed by atoms with E-state index in [2.05, 4.69) is 16.7 Å². The third-order valence-corrected chi connectivity index (χ3v) is 4.96. The summed E-state index contributed by atoms with van der Waals surface area (Å²) in [6.45, 7) is 1.50. The standard InChI is InChI=1S/C20H20N2O3/c1-20(19(24)22-16-10-4-5-12-17(16)25-20)18(23)21-15-11-6-8-13-7-2-3-9-14(13)15/h4-6,8,10-12H,2-3,7,9H2,1H3,(H,21,23)(H,22,24).